The molecule has 2 aromatic carbocycles. The molecule has 0 unspecified atom stereocenters. The van der Waals surface area contributed by atoms with Gasteiger partial charge in [0.15, 0.2) is 0 Å². The topological polar surface area (TPSA) is 56.1 Å². The minimum Gasteiger partial charge on any atom is -0.497 e. The Morgan fingerprint density at radius 3 is 2.35 bits per heavy atom. The second kappa shape index (κ2) is 7.87. The van der Waals surface area contributed by atoms with Crippen molar-refractivity contribution < 1.29 is 9.53 Å². The number of nitrogens with one attached hydrogen (secondary N) is 1. The predicted octanol–water partition coefficient (Wildman–Crippen LogP) is 4.07. The second-order valence-corrected chi connectivity index (χ2v) is 6.28. The van der Waals surface area contributed by atoms with Crippen molar-refractivity contribution in [2.75, 3.05) is 12.4 Å². The van der Waals surface area contributed by atoms with Crippen LogP contribution in [0.5, 0.6) is 5.75 Å². The van der Waals surface area contributed by atoms with Gasteiger partial charge in [0.05, 0.1) is 18.5 Å². The Bertz CT molecular complexity index is 881. The molecule has 0 spiro atoms. The van der Waals surface area contributed by atoms with Gasteiger partial charge in [-0.2, -0.15) is 5.10 Å². The number of aryl methyl sites for hydroxylation is 3. The summed E-state index contributed by atoms with van der Waals surface area (Å²) in [7, 11) is 1.62. The third kappa shape index (κ3) is 4.30. The summed E-state index contributed by atoms with van der Waals surface area (Å²) in [6, 6.07) is 17.5. The SMILES string of the molecule is COc1ccc(NC(=O)CCc2ccc(-n3nc(C)cc3C)cc2)cc1. The van der Waals surface area contributed by atoms with Crippen LogP contribution in [0, 0.1) is 13.8 Å². The number of hydrogen-bond acceptors (Lipinski definition) is 3. The monoisotopic (exact) mass is 349 g/mol. The first-order valence-electron chi connectivity index (χ1n) is 8.61. The van der Waals surface area contributed by atoms with E-state index >= 15 is 0 Å². The number of aromatic nitrogens is 2. The van der Waals surface area contributed by atoms with E-state index in [4.69, 9.17) is 4.74 Å². The summed E-state index contributed by atoms with van der Waals surface area (Å²) in [5, 5.41) is 7.39. The average Bonchev–Trinajstić information content (AvgIpc) is 2.99. The summed E-state index contributed by atoms with van der Waals surface area (Å²) in [5.74, 6) is 0.767. The molecule has 3 aromatic rings. The summed E-state index contributed by atoms with van der Waals surface area (Å²) in [4.78, 5) is 12.1. The van der Waals surface area contributed by atoms with Gasteiger partial charge in [0.25, 0.3) is 0 Å². The minimum absolute atomic E-state index is 0.00205. The van der Waals surface area contributed by atoms with Crippen molar-refractivity contribution in [3.05, 3.63) is 71.5 Å². The summed E-state index contributed by atoms with van der Waals surface area (Å²) in [5.41, 5.74) is 5.04. The van der Waals surface area contributed by atoms with Crippen molar-refractivity contribution in [1.29, 1.82) is 0 Å². The molecule has 0 radical (unpaired) electrons. The number of methoxy groups -OCH3 is 1. The molecule has 0 fully saturated rings. The van der Waals surface area contributed by atoms with Crippen LogP contribution in [0.15, 0.2) is 54.6 Å². The maximum Gasteiger partial charge on any atom is 0.224 e. The van der Waals surface area contributed by atoms with Gasteiger partial charge >= 0.3 is 0 Å². The van der Waals surface area contributed by atoms with Gasteiger partial charge in [-0.1, -0.05) is 12.1 Å². The Hall–Kier alpha value is -3.08. The summed E-state index contributed by atoms with van der Waals surface area (Å²) < 4.78 is 7.04. The smallest absolute Gasteiger partial charge is 0.224 e. The zero-order chi connectivity index (χ0) is 18.5. The first-order valence-corrected chi connectivity index (χ1v) is 8.61. The van der Waals surface area contributed by atoms with E-state index < -0.39 is 0 Å². The number of benzene rings is 2. The molecule has 1 heterocycles. The van der Waals surface area contributed by atoms with Crippen LogP contribution in [0.1, 0.15) is 23.4 Å². The van der Waals surface area contributed by atoms with E-state index in [0.29, 0.717) is 12.8 Å². The predicted molar refractivity (Wildman–Crippen MR) is 103 cm³/mol. The van der Waals surface area contributed by atoms with Gasteiger partial charge < -0.3 is 10.1 Å². The standard InChI is InChI=1S/C21H23N3O2/c1-15-14-16(2)24(23-15)19-9-4-17(5-10-19)6-13-21(25)22-18-7-11-20(26-3)12-8-18/h4-5,7-12,14H,6,13H2,1-3H3,(H,22,25). The third-order valence-corrected chi connectivity index (χ3v) is 4.21. The lowest BCUT2D eigenvalue weighted by Crippen LogP contribution is -2.12. The van der Waals surface area contributed by atoms with Crippen LogP contribution in [-0.2, 0) is 11.2 Å². The molecule has 5 nitrogen and oxygen atoms in total. The first-order chi connectivity index (χ1) is 12.5. The lowest BCUT2D eigenvalue weighted by atomic mass is 10.1. The quantitative estimate of drug-likeness (QED) is 0.730. The van der Waals surface area contributed by atoms with Gasteiger partial charge in [0.1, 0.15) is 5.75 Å². The number of carbonyl (C=O) groups is 1. The molecular formula is C21H23N3O2. The highest BCUT2D eigenvalue weighted by Gasteiger charge is 2.06. The molecule has 5 heteroatoms. The van der Waals surface area contributed by atoms with Crippen LogP contribution in [0.3, 0.4) is 0 Å². The Balaban J connectivity index is 1.55. The molecule has 134 valence electrons. The van der Waals surface area contributed by atoms with Gasteiger partial charge in [-0.25, -0.2) is 4.68 Å². The number of nitrogens with zero attached hydrogens (tertiary/aromatic N) is 2. The number of hydrogen-bond donors (Lipinski definition) is 1. The first kappa shape index (κ1) is 17.7. The van der Waals surface area contributed by atoms with Gasteiger partial charge in [-0.15, -0.1) is 0 Å². The fourth-order valence-electron chi connectivity index (χ4n) is 2.85. The van der Waals surface area contributed by atoms with Crippen LogP contribution in [0.4, 0.5) is 5.69 Å². The lowest BCUT2D eigenvalue weighted by molar-refractivity contribution is -0.116. The van der Waals surface area contributed by atoms with Crippen molar-refractivity contribution >= 4 is 11.6 Å². The Morgan fingerprint density at radius 1 is 1.08 bits per heavy atom. The Labute approximate surface area is 153 Å². The number of ether oxygens (including phenoxy) is 1. The molecule has 0 saturated carbocycles. The normalized spacial score (nSPS) is 10.6. The largest absolute Gasteiger partial charge is 0.497 e. The van der Waals surface area contributed by atoms with Crippen LogP contribution in [0.2, 0.25) is 0 Å². The molecule has 0 aliphatic carbocycles. The third-order valence-electron chi connectivity index (χ3n) is 4.21. The number of anilines is 1. The van der Waals surface area contributed by atoms with Crippen LogP contribution in [0.25, 0.3) is 5.69 Å². The van der Waals surface area contributed by atoms with Gasteiger partial charge in [-0.05, 0) is 68.3 Å². The Kier molecular flexibility index (Phi) is 5.37. The van der Waals surface area contributed by atoms with E-state index in [1.807, 2.05) is 67.1 Å². The number of rotatable bonds is 6. The minimum atomic E-state index is -0.00205. The number of amides is 1. The fourth-order valence-corrected chi connectivity index (χ4v) is 2.85. The average molecular weight is 349 g/mol. The lowest BCUT2D eigenvalue weighted by Gasteiger charge is -2.08. The molecular weight excluding hydrogens is 326 g/mol. The van der Waals surface area contributed by atoms with Crippen molar-refractivity contribution in [3.63, 3.8) is 0 Å². The van der Waals surface area contributed by atoms with E-state index in [-0.39, 0.29) is 5.91 Å². The van der Waals surface area contributed by atoms with Crippen molar-refractivity contribution in [1.82, 2.24) is 9.78 Å². The van der Waals surface area contributed by atoms with Crippen molar-refractivity contribution in [3.8, 4) is 11.4 Å². The molecule has 0 atom stereocenters. The summed E-state index contributed by atoms with van der Waals surface area (Å²) in [6.07, 6.45) is 1.13. The molecule has 0 saturated heterocycles. The molecule has 1 aromatic heterocycles. The molecule has 0 bridgehead atoms. The van der Waals surface area contributed by atoms with Crippen LogP contribution in [-0.4, -0.2) is 22.8 Å². The maximum absolute atomic E-state index is 12.1. The fraction of sp³-hybridized carbons (Fsp3) is 0.238. The van der Waals surface area contributed by atoms with Crippen LogP contribution < -0.4 is 10.1 Å². The zero-order valence-corrected chi connectivity index (χ0v) is 15.3. The van der Waals surface area contributed by atoms with E-state index in [2.05, 4.69) is 16.5 Å². The van der Waals surface area contributed by atoms with Gasteiger partial charge in [0, 0.05) is 17.8 Å². The van der Waals surface area contributed by atoms with Crippen molar-refractivity contribution in [2.24, 2.45) is 0 Å². The molecule has 0 aliphatic heterocycles. The number of carbonyl (C=O) groups excluding carboxylic acids is 1. The highest BCUT2D eigenvalue weighted by molar-refractivity contribution is 5.90. The van der Waals surface area contributed by atoms with Crippen molar-refractivity contribution in [2.45, 2.75) is 26.7 Å². The van der Waals surface area contributed by atoms with E-state index in [1.165, 1.54) is 0 Å². The van der Waals surface area contributed by atoms with Crippen LogP contribution >= 0.6 is 0 Å². The van der Waals surface area contributed by atoms with E-state index in [0.717, 1.165) is 34.1 Å². The second-order valence-electron chi connectivity index (χ2n) is 6.28. The Morgan fingerprint density at radius 2 is 1.77 bits per heavy atom. The van der Waals surface area contributed by atoms with Gasteiger partial charge in [0.2, 0.25) is 5.91 Å². The summed E-state index contributed by atoms with van der Waals surface area (Å²) in [6.45, 7) is 4.02. The molecule has 26 heavy (non-hydrogen) atoms. The summed E-state index contributed by atoms with van der Waals surface area (Å²) >= 11 is 0. The van der Waals surface area contributed by atoms with Gasteiger partial charge in [-0.3, -0.25) is 4.79 Å². The highest BCUT2D eigenvalue weighted by Crippen LogP contribution is 2.16. The van der Waals surface area contributed by atoms with E-state index in [9.17, 15) is 4.79 Å². The molecule has 3 rings (SSSR count). The molecule has 1 N–H and O–H groups in total. The maximum atomic E-state index is 12.1. The molecule has 0 aliphatic rings. The van der Waals surface area contributed by atoms with E-state index in [1.54, 1.807) is 7.11 Å². The molecule has 1 amide bonds. The highest BCUT2D eigenvalue weighted by atomic mass is 16.5. The zero-order valence-electron chi connectivity index (χ0n) is 15.3.